The summed E-state index contributed by atoms with van der Waals surface area (Å²) in [7, 11) is 1.27. The first kappa shape index (κ1) is 8.70. The zero-order valence-corrected chi connectivity index (χ0v) is 6.36. The molecule has 5 heteroatoms. The van der Waals surface area contributed by atoms with Gasteiger partial charge in [-0.1, -0.05) is 6.08 Å². The summed E-state index contributed by atoms with van der Waals surface area (Å²) in [4.78, 5) is 9.60. The number of nitrogens with zero attached hydrogens (tertiary/aromatic N) is 1. The minimum atomic E-state index is -1.47. The molecule has 1 radical (unpaired) electrons. The summed E-state index contributed by atoms with van der Waals surface area (Å²) >= 11 is 0. The fourth-order valence-electron chi connectivity index (χ4n) is 0.937. The maximum atomic E-state index is 12.8. The molecule has 0 fully saturated rings. The second-order valence-electron chi connectivity index (χ2n) is 2.21. The molecule has 0 saturated carbocycles. The predicted octanol–water partition coefficient (Wildman–Crippen LogP) is 1.23. The molecule has 0 aliphatic heterocycles. The lowest BCUT2D eigenvalue weighted by Gasteiger charge is -2.14. The van der Waals surface area contributed by atoms with E-state index >= 15 is 0 Å². The van der Waals surface area contributed by atoms with E-state index in [1.807, 2.05) is 0 Å². The number of nitro groups is 1. The van der Waals surface area contributed by atoms with Gasteiger partial charge in [-0.15, -0.1) is 0 Å². The largest absolute Gasteiger partial charge is 0.494 e. The maximum Gasteiger partial charge on any atom is 0.309 e. The molecule has 0 N–H and O–H groups in total. The molecule has 12 heavy (non-hydrogen) atoms. The summed E-state index contributed by atoms with van der Waals surface area (Å²) in [6, 6.07) is -1.47. The van der Waals surface area contributed by atoms with E-state index in [2.05, 4.69) is 4.74 Å². The number of methoxy groups -OCH3 is 1. The van der Waals surface area contributed by atoms with E-state index in [1.165, 1.54) is 19.3 Å². The van der Waals surface area contributed by atoms with E-state index in [0.717, 1.165) is 6.08 Å². The highest BCUT2D eigenvalue weighted by atomic mass is 19.1. The van der Waals surface area contributed by atoms with Crippen molar-refractivity contribution in [3.63, 3.8) is 0 Å². The minimum absolute atomic E-state index is 0.0139. The van der Waals surface area contributed by atoms with Gasteiger partial charge >= 0.3 is 6.04 Å². The van der Waals surface area contributed by atoms with Gasteiger partial charge in [-0.3, -0.25) is 10.1 Å². The van der Waals surface area contributed by atoms with Gasteiger partial charge in [0.2, 0.25) is 6.17 Å². The molecule has 1 rings (SSSR count). The van der Waals surface area contributed by atoms with Crippen LogP contribution in [0.1, 0.15) is 0 Å². The van der Waals surface area contributed by atoms with Gasteiger partial charge in [0, 0.05) is 4.92 Å². The zero-order chi connectivity index (χ0) is 9.14. The van der Waals surface area contributed by atoms with Crippen LogP contribution in [0.25, 0.3) is 0 Å². The number of ether oxygens (including phenoxy) is 1. The van der Waals surface area contributed by atoms with Crippen molar-refractivity contribution in [1.29, 1.82) is 0 Å². The predicted molar refractivity (Wildman–Crippen MR) is 39.4 cm³/mol. The fourth-order valence-corrected chi connectivity index (χ4v) is 0.937. The highest BCUT2D eigenvalue weighted by Crippen LogP contribution is 2.24. The third kappa shape index (κ3) is 1.44. The minimum Gasteiger partial charge on any atom is -0.494 e. The van der Waals surface area contributed by atoms with Gasteiger partial charge in [0.25, 0.3) is 0 Å². The van der Waals surface area contributed by atoms with E-state index < -0.39 is 17.1 Å². The van der Waals surface area contributed by atoms with Crippen LogP contribution in [0.4, 0.5) is 4.39 Å². The zero-order valence-electron chi connectivity index (χ0n) is 6.36. The van der Waals surface area contributed by atoms with Crippen molar-refractivity contribution in [1.82, 2.24) is 0 Å². The Labute approximate surface area is 68.5 Å². The standard InChI is InChI=1S/C7H7FNO3/c1-12-6-4-2-3-5(8)7(6)9(10)11/h2-4,7H,1H3. The van der Waals surface area contributed by atoms with Crippen LogP contribution in [-0.2, 0) is 4.74 Å². The lowest BCUT2D eigenvalue weighted by molar-refractivity contribution is -0.514. The second kappa shape index (κ2) is 3.34. The molecule has 1 aliphatic rings. The lowest BCUT2D eigenvalue weighted by atomic mass is 10.1. The maximum absolute atomic E-state index is 12.8. The van der Waals surface area contributed by atoms with Crippen molar-refractivity contribution in [3.8, 4) is 0 Å². The lowest BCUT2D eigenvalue weighted by Crippen LogP contribution is -2.28. The molecule has 0 heterocycles. The first-order chi connectivity index (χ1) is 5.66. The highest BCUT2D eigenvalue weighted by molar-refractivity contribution is 5.28. The van der Waals surface area contributed by atoms with E-state index in [4.69, 9.17) is 0 Å². The smallest absolute Gasteiger partial charge is 0.309 e. The van der Waals surface area contributed by atoms with Crippen LogP contribution in [0.2, 0.25) is 0 Å². The Bertz CT molecular complexity index is 249. The monoisotopic (exact) mass is 172 g/mol. The molecule has 0 saturated heterocycles. The topological polar surface area (TPSA) is 52.4 Å². The first-order valence-corrected chi connectivity index (χ1v) is 3.25. The van der Waals surface area contributed by atoms with Crippen molar-refractivity contribution in [2.75, 3.05) is 7.11 Å². The molecule has 65 valence electrons. The van der Waals surface area contributed by atoms with Crippen LogP contribution in [0.15, 0.2) is 24.0 Å². The highest BCUT2D eigenvalue weighted by Gasteiger charge is 2.37. The molecule has 1 aliphatic carbocycles. The van der Waals surface area contributed by atoms with Gasteiger partial charge < -0.3 is 4.74 Å². The van der Waals surface area contributed by atoms with E-state index in [-0.39, 0.29) is 5.76 Å². The number of hydrogen-bond acceptors (Lipinski definition) is 3. The average Bonchev–Trinajstić information content (AvgIpc) is 2.03. The first-order valence-electron chi connectivity index (χ1n) is 3.25. The quantitative estimate of drug-likeness (QED) is 0.465. The molecule has 0 amide bonds. The molecule has 1 atom stereocenters. The molecule has 1 unspecified atom stereocenters. The van der Waals surface area contributed by atoms with Crippen molar-refractivity contribution in [2.45, 2.75) is 6.04 Å². The molecule has 0 bridgehead atoms. The van der Waals surface area contributed by atoms with Gasteiger partial charge in [-0.2, -0.15) is 0 Å². The van der Waals surface area contributed by atoms with Crippen molar-refractivity contribution >= 4 is 0 Å². The van der Waals surface area contributed by atoms with Crippen molar-refractivity contribution in [3.05, 3.63) is 40.3 Å². The summed E-state index contributed by atoms with van der Waals surface area (Å²) in [5.41, 5.74) is 0. The summed E-state index contributed by atoms with van der Waals surface area (Å²) in [5.74, 6) is 0.0139. The Kier molecular flexibility index (Phi) is 2.42. The molecule has 0 aromatic heterocycles. The summed E-state index contributed by atoms with van der Waals surface area (Å²) < 4.78 is 17.4. The van der Waals surface area contributed by atoms with Crippen LogP contribution in [0.5, 0.6) is 0 Å². The molecule has 0 aromatic rings. The third-order valence-electron chi connectivity index (χ3n) is 1.49. The van der Waals surface area contributed by atoms with Crippen LogP contribution in [-0.4, -0.2) is 18.1 Å². The Morgan fingerprint density at radius 3 is 2.83 bits per heavy atom. The van der Waals surface area contributed by atoms with Gasteiger partial charge in [0.05, 0.1) is 7.11 Å². The fraction of sp³-hybridized carbons (Fsp3) is 0.286. The molecular weight excluding hydrogens is 165 g/mol. The summed E-state index contributed by atoms with van der Waals surface area (Å²) in [6.45, 7) is 0. The average molecular weight is 172 g/mol. The van der Waals surface area contributed by atoms with Crippen LogP contribution < -0.4 is 0 Å². The molecular formula is C7H7FNO3. The Balaban J connectivity index is 2.88. The van der Waals surface area contributed by atoms with Crippen LogP contribution in [0.3, 0.4) is 0 Å². The third-order valence-corrected chi connectivity index (χ3v) is 1.49. The van der Waals surface area contributed by atoms with Gasteiger partial charge in [0.1, 0.15) is 0 Å². The van der Waals surface area contributed by atoms with Crippen LogP contribution >= 0.6 is 0 Å². The van der Waals surface area contributed by atoms with Crippen LogP contribution in [0, 0.1) is 16.3 Å². The molecule has 0 spiro atoms. The normalized spacial score (nSPS) is 23.5. The molecule has 0 aromatic carbocycles. The van der Waals surface area contributed by atoms with Gasteiger partial charge in [0.15, 0.2) is 5.76 Å². The van der Waals surface area contributed by atoms with Crippen molar-refractivity contribution in [2.24, 2.45) is 0 Å². The summed E-state index contributed by atoms with van der Waals surface area (Å²) in [6.07, 6.45) is 2.99. The SMILES string of the molecule is COC1=CC=C[C](F)C1[N+](=O)[O-]. The van der Waals surface area contributed by atoms with E-state index in [1.54, 1.807) is 0 Å². The number of hydrogen-bond donors (Lipinski definition) is 0. The Morgan fingerprint density at radius 2 is 2.42 bits per heavy atom. The summed E-state index contributed by atoms with van der Waals surface area (Å²) in [5, 5.41) is 10.3. The van der Waals surface area contributed by atoms with E-state index in [0.29, 0.717) is 0 Å². The van der Waals surface area contributed by atoms with Gasteiger partial charge in [-0.05, 0) is 12.2 Å². The number of allylic oxidation sites excluding steroid dienone is 2. The number of rotatable bonds is 2. The Hall–Kier alpha value is -1.39. The van der Waals surface area contributed by atoms with Crippen molar-refractivity contribution < 1.29 is 14.1 Å². The second-order valence-corrected chi connectivity index (χ2v) is 2.21. The van der Waals surface area contributed by atoms with Gasteiger partial charge in [-0.25, -0.2) is 4.39 Å². The molecule has 4 nitrogen and oxygen atoms in total. The van der Waals surface area contributed by atoms with E-state index in [9.17, 15) is 14.5 Å². The number of halogens is 1. The Morgan fingerprint density at radius 1 is 1.75 bits per heavy atom.